The summed E-state index contributed by atoms with van der Waals surface area (Å²) in [6.45, 7) is 3.39. The monoisotopic (exact) mass is 353 g/mol. The van der Waals surface area contributed by atoms with E-state index in [4.69, 9.17) is 19.5 Å². The molecule has 2 aromatic carbocycles. The van der Waals surface area contributed by atoms with E-state index in [-0.39, 0.29) is 19.0 Å². The van der Waals surface area contributed by atoms with Gasteiger partial charge < -0.3 is 14.2 Å². The Morgan fingerprint density at radius 2 is 1.85 bits per heavy atom. The van der Waals surface area contributed by atoms with Crippen molar-refractivity contribution in [3.05, 3.63) is 59.2 Å². The summed E-state index contributed by atoms with van der Waals surface area (Å²) >= 11 is 0. The topological polar surface area (TPSA) is 85.6 Å². The summed E-state index contributed by atoms with van der Waals surface area (Å²) in [5.41, 5.74) is 1.46. The fourth-order valence-electron chi connectivity index (χ4n) is 2.23. The number of nitriles is 1. The van der Waals surface area contributed by atoms with E-state index in [0.29, 0.717) is 34.8 Å². The maximum absolute atomic E-state index is 11.9. The maximum Gasteiger partial charge on any atom is 0.344 e. The second-order valence-corrected chi connectivity index (χ2v) is 5.37. The Bertz CT molecular complexity index is 838. The van der Waals surface area contributed by atoms with E-state index in [1.165, 1.54) is 6.92 Å². The van der Waals surface area contributed by atoms with Gasteiger partial charge in [0.1, 0.15) is 24.2 Å². The second kappa shape index (κ2) is 9.23. The van der Waals surface area contributed by atoms with Crippen molar-refractivity contribution in [2.24, 2.45) is 0 Å². The molecule has 26 heavy (non-hydrogen) atoms. The molecule has 0 aliphatic heterocycles. The fourth-order valence-corrected chi connectivity index (χ4v) is 2.23. The van der Waals surface area contributed by atoms with E-state index in [9.17, 15) is 9.59 Å². The summed E-state index contributed by atoms with van der Waals surface area (Å²) in [7, 11) is 0. The van der Waals surface area contributed by atoms with Crippen LogP contribution in [0.1, 0.15) is 35.3 Å². The largest absolute Gasteiger partial charge is 0.493 e. The number of hydrogen-bond donors (Lipinski definition) is 0. The molecule has 0 aliphatic carbocycles. The highest BCUT2D eigenvalue weighted by Gasteiger charge is 2.12. The van der Waals surface area contributed by atoms with Crippen LogP contribution in [0.15, 0.2) is 42.5 Å². The number of ketones is 1. The van der Waals surface area contributed by atoms with Crippen LogP contribution in [0, 0.1) is 11.3 Å². The molecule has 0 radical (unpaired) electrons. The minimum atomic E-state index is -0.589. The van der Waals surface area contributed by atoms with Crippen molar-refractivity contribution in [3.8, 4) is 17.6 Å². The van der Waals surface area contributed by atoms with Gasteiger partial charge >= 0.3 is 5.97 Å². The number of hydrogen-bond acceptors (Lipinski definition) is 6. The summed E-state index contributed by atoms with van der Waals surface area (Å²) in [5, 5.41) is 9.00. The van der Waals surface area contributed by atoms with Gasteiger partial charge in [-0.3, -0.25) is 4.79 Å². The van der Waals surface area contributed by atoms with Gasteiger partial charge in [-0.05, 0) is 44.2 Å². The maximum atomic E-state index is 11.9. The van der Waals surface area contributed by atoms with Crippen molar-refractivity contribution in [2.45, 2.75) is 20.5 Å². The molecule has 6 heteroatoms. The number of esters is 1. The zero-order valence-corrected chi connectivity index (χ0v) is 14.7. The van der Waals surface area contributed by atoms with Crippen molar-refractivity contribution >= 4 is 11.8 Å². The predicted molar refractivity (Wildman–Crippen MR) is 94.1 cm³/mol. The lowest BCUT2D eigenvalue weighted by Crippen LogP contribution is -2.15. The minimum absolute atomic E-state index is 0.0431. The lowest BCUT2D eigenvalue weighted by Gasteiger charge is -2.12. The number of rotatable bonds is 8. The van der Waals surface area contributed by atoms with Crippen LogP contribution in [0.5, 0.6) is 11.5 Å². The van der Waals surface area contributed by atoms with E-state index in [1.54, 1.807) is 42.5 Å². The third-order valence-electron chi connectivity index (χ3n) is 3.51. The highest BCUT2D eigenvalue weighted by Crippen LogP contribution is 2.22. The summed E-state index contributed by atoms with van der Waals surface area (Å²) in [6.07, 6.45) is 0. The van der Waals surface area contributed by atoms with E-state index in [2.05, 4.69) is 0 Å². The van der Waals surface area contributed by atoms with Crippen LogP contribution < -0.4 is 9.47 Å². The third-order valence-corrected chi connectivity index (χ3v) is 3.51. The molecule has 0 aromatic heterocycles. The normalized spacial score (nSPS) is 9.88. The van der Waals surface area contributed by atoms with Crippen LogP contribution in [0.25, 0.3) is 0 Å². The Kier molecular flexibility index (Phi) is 6.75. The first-order valence-corrected chi connectivity index (χ1v) is 8.09. The molecular weight excluding hydrogens is 334 g/mol. The average molecular weight is 353 g/mol. The van der Waals surface area contributed by atoms with Gasteiger partial charge in [0.2, 0.25) is 0 Å². The van der Waals surface area contributed by atoms with E-state index < -0.39 is 5.97 Å². The molecule has 134 valence electrons. The summed E-state index contributed by atoms with van der Waals surface area (Å²) in [6, 6.07) is 13.6. The van der Waals surface area contributed by atoms with Crippen LogP contribution in [0.3, 0.4) is 0 Å². The average Bonchev–Trinajstić information content (AvgIpc) is 2.65. The number of ether oxygens (including phenoxy) is 3. The van der Waals surface area contributed by atoms with Gasteiger partial charge in [-0.2, -0.15) is 5.26 Å². The number of Topliss-reactive ketones (excluding diaryl/α,β-unsaturated/α-hetero) is 1. The lowest BCUT2D eigenvalue weighted by molar-refractivity contribution is -0.147. The molecule has 2 rings (SSSR count). The van der Waals surface area contributed by atoms with Crippen LogP contribution in [-0.4, -0.2) is 25.0 Å². The van der Waals surface area contributed by atoms with Gasteiger partial charge in [0, 0.05) is 11.1 Å². The van der Waals surface area contributed by atoms with Crippen LogP contribution in [0.2, 0.25) is 0 Å². The molecule has 0 heterocycles. The highest BCUT2D eigenvalue weighted by atomic mass is 16.6. The number of para-hydroxylation sites is 1. The molecule has 0 saturated carbocycles. The van der Waals surface area contributed by atoms with Crippen molar-refractivity contribution in [1.82, 2.24) is 0 Å². The number of nitrogens with zero attached hydrogens (tertiary/aromatic N) is 1. The summed E-state index contributed by atoms with van der Waals surface area (Å²) < 4.78 is 16.0. The predicted octanol–water partition coefficient (Wildman–Crippen LogP) is 3.28. The van der Waals surface area contributed by atoms with Gasteiger partial charge in [0.05, 0.1) is 12.2 Å². The fraction of sp³-hybridized carbons (Fsp3) is 0.250. The van der Waals surface area contributed by atoms with Gasteiger partial charge in [-0.25, -0.2) is 4.79 Å². The van der Waals surface area contributed by atoms with Crippen molar-refractivity contribution in [2.75, 3.05) is 13.2 Å². The molecule has 0 spiro atoms. The molecule has 0 fully saturated rings. The highest BCUT2D eigenvalue weighted by molar-refractivity contribution is 5.94. The minimum Gasteiger partial charge on any atom is -0.493 e. The van der Waals surface area contributed by atoms with E-state index in [1.807, 2.05) is 13.0 Å². The molecule has 0 unspecified atom stereocenters. The molecule has 0 atom stereocenters. The Morgan fingerprint density at radius 1 is 1.08 bits per heavy atom. The smallest absolute Gasteiger partial charge is 0.344 e. The Morgan fingerprint density at radius 3 is 2.54 bits per heavy atom. The molecule has 6 nitrogen and oxygen atoms in total. The third kappa shape index (κ3) is 5.08. The number of carbonyl (C=O) groups excluding carboxylic acids is 2. The zero-order chi connectivity index (χ0) is 18.9. The SMILES string of the molecule is CCOc1ccc(C(C)=O)cc1COC(=O)COc1ccccc1C#N. The molecular formula is C20H19NO5. The number of carbonyl (C=O) groups is 2. The molecule has 0 bridgehead atoms. The molecule has 0 N–H and O–H groups in total. The van der Waals surface area contributed by atoms with Gasteiger partial charge in [-0.1, -0.05) is 12.1 Å². The second-order valence-electron chi connectivity index (χ2n) is 5.37. The van der Waals surface area contributed by atoms with E-state index in [0.717, 1.165) is 0 Å². The van der Waals surface area contributed by atoms with Crippen LogP contribution >= 0.6 is 0 Å². The first-order chi connectivity index (χ1) is 12.5. The molecule has 2 aromatic rings. The van der Waals surface area contributed by atoms with Gasteiger partial charge in [0.25, 0.3) is 0 Å². The number of benzene rings is 2. The van der Waals surface area contributed by atoms with Crippen LogP contribution in [0.4, 0.5) is 0 Å². The lowest BCUT2D eigenvalue weighted by atomic mass is 10.1. The van der Waals surface area contributed by atoms with Gasteiger partial charge in [0.15, 0.2) is 12.4 Å². The first kappa shape index (κ1) is 19.0. The molecule has 0 amide bonds. The van der Waals surface area contributed by atoms with Crippen molar-refractivity contribution in [1.29, 1.82) is 5.26 Å². The van der Waals surface area contributed by atoms with Gasteiger partial charge in [-0.15, -0.1) is 0 Å². The Hall–Kier alpha value is -3.33. The molecule has 0 saturated heterocycles. The first-order valence-electron chi connectivity index (χ1n) is 8.09. The standard InChI is InChI=1S/C20H19NO5/c1-3-24-19-9-8-15(14(2)22)10-17(19)12-26-20(23)13-25-18-7-5-4-6-16(18)11-21/h4-10H,3,12-13H2,1-2H3. The van der Waals surface area contributed by atoms with Crippen molar-refractivity contribution in [3.63, 3.8) is 0 Å². The summed E-state index contributed by atoms with van der Waals surface area (Å²) in [4.78, 5) is 23.5. The Labute approximate surface area is 151 Å². The zero-order valence-electron chi connectivity index (χ0n) is 14.7. The molecule has 0 aliphatic rings. The van der Waals surface area contributed by atoms with Crippen molar-refractivity contribution < 1.29 is 23.8 Å². The quantitative estimate of drug-likeness (QED) is 0.535. The summed E-state index contributed by atoms with van der Waals surface area (Å²) in [5.74, 6) is 0.201. The van der Waals surface area contributed by atoms with Crippen LogP contribution in [-0.2, 0) is 16.1 Å². The van der Waals surface area contributed by atoms with E-state index >= 15 is 0 Å². The Balaban J connectivity index is 1.99.